The molecule has 0 aromatic heterocycles. The van der Waals surface area contributed by atoms with Gasteiger partial charge in [-0.05, 0) is 43.1 Å². The fourth-order valence-corrected chi connectivity index (χ4v) is 2.51. The van der Waals surface area contributed by atoms with E-state index in [1.54, 1.807) is 0 Å². The third-order valence-electron chi connectivity index (χ3n) is 3.76. The first-order valence-corrected chi connectivity index (χ1v) is 8.69. The molecule has 134 valence electrons. The number of hydrogen-bond acceptors (Lipinski definition) is 3. The van der Waals surface area contributed by atoms with Gasteiger partial charge in [-0.2, -0.15) is 0 Å². The molecule has 0 aliphatic heterocycles. The molecule has 0 saturated heterocycles. The van der Waals surface area contributed by atoms with E-state index in [0.29, 0.717) is 6.61 Å². The molecular formula is C20H26N2O3. The van der Waals surface area contributed by atoms with Gasteiger partial charge in [0.1, 0.15) is 5.75 Å². The maximum Gasteiger partial charge on any atom is 0.404 e. The molecule has 3 N–H and O–H groups in total. The van der Waals surface area contributed by atoms with Crippen molar-refractivity contribution in [2.24, 2.45) is 0 Å². The molecule has 0 aliphatic rings. The smallest absolute Gasteiger partial charge is 0.404 e. The van der Waals surface area contributed by atoms with Crippen LogP contribution in [0.4, 0.5) is 4.79 Å². The van der Waals surface area contributed by atoms with E-state index in [1.165, 1.54) is 0 Å². The molecule has 0 saturated carbocycles. The van der Waals surface area contributed by atoms with Crippen molar-refractivity contribution in [1.29, 1.82) is 0 Å². The van der Waals surface area contributed by atoms with Gasteiger partial charge < -0.3 is 20.5 Å². The van der Waals surface area contributed by atoms with Crippen molar-refractivity contribution >= 4 is 6.09 Å². The standard InChI is InChI=1S/C20H26N2O3/c1-2-11-21-12-6-13-25-19-14-16(15-22-20(23)24)9-10-18(19)17-7-4-3-5-8-17/h3-5,7-10,14,21-22H,2,6,11-13,15H2,1H3,(H,23,24). The Morgan fingerprint density at radius 1 is 1.12 bits per heavy atom. The molecule has 0 unspecified atom stereocenters. The molecular weight excluding hydrogens is 316 g/mol. The van der Waals surface area contributed by atoms with E-state index in [2.05, 4.69) is 17.6 Å². The van der Waals surface area contributed by atoms with Crippen molar-refractivity contribution in [3.8, 4) is 16.9 Å². The van der Waals surface area contributed by atoms with E-state index < -0.39 is 6.09 Å². The van der Waals surface area contributed by atoms with Crippen LogP contribution in [0.15, 0.2) is 48.5 Å². The van der Waals surface area contributed by atoms with Crippen LogP contribution in [-0.2, 0) is 6.54 Å². The predicted molar refractivity (Wildman–Crippen MR) is 100 cm³/mol. The second-order valence-electron chi connectivity index (χ2n) is 5.81. The minimum atomic E-state index is -1.03. The molecule has 2 rings (SSSR count). The van der Waals surface area contributed by atoms with E-state index >= 15 is 0 Å². The highest BCUT2D eigenvalue weighted by Gasteiger charge is 2.08. The van der Waals surface area contributed by atoms with Gasteiger partial charge in [-0.3, -0.25) is 0 Å². The van der Waals surface area contributed by atoms with Gasteiger partial charge in [0.15, 0.2) is 0 Å². The fourth-order valence-electron chi connectivity index (χ4n) is 2.51. The Morgan fingerprint density at radius 3 is 2.64 bits per heavy atom. The summed E-state index contributed by atoms with van der Waals surface area (Å²) >= 11 is 0. The van der Waals surface area contributed by atoms with E-state index in [9.17, 15) is 4.79 Å². The quantitative estimate of drug-likeness (QED) is 0.573. The van der Waals surface area contributed by atoms with Gasteiger partial charge in [-0.1, -0.05) is 49.4 Å². The SMILES string of the molecule is CCCNCCCOc1cc(CNC(=O)O)ccc1-c1ccccc1. The third-order valence-corrected chi connectivity index (χ3v) is 3.76. The highest BCUT2D eigenvalue weighted by Crippen LogP contribution is 2.31. The van der Waals surface area contributed by atoms with Gasteiger partial charge in [0.2, 0.25) is 0 Å². The van der Waals surface area contributed by atoms with Gasteiger partial charge in [-0.25, -0.2) is 4.79 Å². The van der Waals surface area contributed by atoms with Gasteiger partial charge >= 0.3 is 6.09 Å². The average Bonchev–Trinajstić information content (AvgIpc) is 2.63. The second-order valence-corrected chi connectivity index (χ2v) is 5.81. The molecule has 0 heterocycles. The number of hydrogen-bond donors (Lipinski definition) is 3. The lowest BCUT2D eigenvalue weighted by Crippen LogP contribution is -2.20. The normalized spacial score (nSPS) is 10.4. The summed E-state index contributed by atoms with van der Waals surface area (Å²) in [5.74, 6) is 0.784. The summed E-state index contributed by atoms with van der Waals surface area (Å²) in [5, 5.41) is 14.5. The number of benzene rings is 2. The van der Waals surface area contributed by atoms with Crippen LogP contribution in [-0.4, -0.2) is 30.9 Å². The molecule has 5 nitrogen and oxygen atoms in total. The van der Waals surface area contributed by atoms with Crippen molar-refractivity contribution in [2.75, 3.05) is 19.7 Å². The average molecular weight is 342 g/mol. The second kappa shape index (κ2) is 10.4. The van der Waals surface area contributed by atoms with Gasteiger partial charge in [-0.15, -0.1) is 0 Å². The van der Waals surface area contributed by atoms with Crippen LogP contribution in [0.5, 0.6) is 5.75 Å². The summed E-state index contributed by atoms with van der Waals surface area (Å²) < 4.78 is 6.00. The minimum Gasteiger partial charge on any atom is -0.493 e. The van der Waals surface area contributed by atoms with E-state index in [0.717, 1.165) is 48.4 Å². The lowest BCUT2D eigenvalue weighted by Gasteiger charge is -2.14. The topological polar surface area (TPSA) is 70.6 Å². The molecule has 2 aromatic carbocycles. The molecule has 0 radical (unpaired) electrons. The van der Waals surface area contributed by atoms with Crippen LogP contribution in [0.1, 0.15) is 25.3 Å². The molecule has 5 heteroatoms. The Morgan fingerprint density at radius 2 is 1.92 bits per heavy atom. The van der Waals surface area contributed by atoms with Gasteiger partial charge in [0.05, 0.1) is 6.61 Å². The minimum absolute atomic E-state index is 0.263. The Hall–Kier alpha value is -2.53. The number of carboxylic acid groups (broad SMARTS) is 1. The molecule has 1 amide bonds. The Kier molecular flexibility index (Phi) is 7.79. The first-order chi connectivity index (χ1) is 12.2. The summed E-state index contributed by atoms with van der Waals surface area (Å²) in [5.41, 5.74) is 2.97. The van der Waals surface area contributed by atoms with Crippen molar-refractivity contribution in [3.63, 3.8) is 0 Å². The van der Waals surface area contributed by atoms with Crippen LogP contribution in [0.2, 0.25) is 0 Å². The number of amides is 1. The van der Waals surface area contributed by atoms with E-state index in [-0.39, 0.29) is 6.54 Å². The Labute approximate surface area is 149 Å². The molecule has 0 spiro atoms. The molecule has 0 atom stereocenters. The zero-order valence-electron chi connectivity index (χ0n) is 14.6. The zero-order chi connectivity index (χ0) is 17.9. The largest absolute Gasteiger partial charge is 0.493 e. The van der Waals surface area contributed by atoms with Crippen LogP contribution in [0.3, 0.4) is 0 Å². The Bertz CT molecular complexity index is 659. The van der Waals surface area contributed by atoms with Gasteiger partial charge in [0, 0.05) is 12.1 Å². The van der Waals surface area contributed by atoms with Gasteiger partial charge in [0.25, 0.3) is 0 Å². The lowest BCUT2D eigenvalue weighted by molar-refractivity contribution is 0.194. The van der Waals surface area contributed by atoms with Crippen molar-refractivity contribution in [2.45, 2.75) is 26.3 Å². The zero-order valence-corrected chi connectivity index (χ0v) is 14.6. The van der Waals surface area contributed by atoms with Crippen molar-refractivity contribution < 1.29 is 14.6 Å². The first kappa shape index (κ1) is 18.8. The van der Waals surface area contributed by atoms with Crippen molar-refractivity contribution in [1.82, 2.24) is 10.6 Å². The number of nitrogens with one attached hydrogen (secondary N) is 2. The molecule has 25 heavy (non-hydrogen) atoms. The summed E-state index contributed by atoms with van der Waals surface area (Å²) in [6, 6.07) is 15.9. The Balaban J connectivity index is 2.08. The summed E-state index contributed by atoms with van der Waals surface area (Å²) in [4.78, 5) is 10.7. The van der Waals surface area contributed by atoms with E-state index in [4.69, 9.17) is 9.84 Å². The third kappa shape index (κ3) is 6.47. The molecule has 0 aliphatic carbocycles. The summed E-state index contributed by atoms with van der Waals surface area (Å²) in [7, 11) is 0. The molecule has 0 fully saturated rings. The highest BCUT2D eigenvalue weighted by atomic mass is 16.5. The maximum absolute atomic E-state index is 10.7. The highest BCUT2D eigenvalue weighted by molar-refractivity contribution is 5.71. The van der Waals surface area contributed by atoms with Crippen molar-refractivity contribution in [3.05, 3.63) is 54.1 Å². The lowest BCUT2D eigenvalue weighted by atomic mass is 10.0. The molecule has 0 bridgehead atoms. The van der Waals surface area contributed by atoms with E-state index in [1.807, 2.05) is 48.5 Å². The maximum atomic E-state index is 10.7. The predicted octanol–water partition coefficient (Wildman–Crippen LogP) is 3.89. The first-order valence-electron chi connectivity index (χ1n) is 8.69. The summed E-state index contributed by atoms with van der Waals surface area (Å²) in [6.07, 6.45) is 1.01. The molecule has 2 aromatic rings. The summed E-state index contributed by atoms with van der Waals surface area (Å²) in [6.45, 7) is 4.97. The van der Waals surface area contributed by atoms with Crippen LogP contribution in [0.25, 0.3) is 11.1 Å². The van der Waals surface area contributed by atoms with Crippen LogP contribution < -0.4 is 15.4 Å². The number of carbonyl (C=O) groups is 1. The monoisotopic (exact) mass is 342 g/mol. The van der Waals surface area contributed by atoms with Crippen LogP contribution >= 0.6 is 0 Å². The number of ether oxygens (including phenoxy) is 1. The van der Waals surface area contributed by atoms with Crippen LogP contribution in [0, 0.1) is 0 Å². The number of rotatable bonds is 10. The fraction of sp³-hybridized carbons (Fsp3) is 0.350.